The zero-order valence-electron chi connectivity index (χ0n) is 20.1. The van der Waals surface area contributed by atoms with Crippen molar-refractivity contribution >= 4 is 29.2 Å². The van der Waals surface area contributed by atoms with Gasteiger partial charge in [-0.1, -0.05) is 54.6 Å². The van der Waals surface area contributed by atoms with E-state index in [-0.39, 0.29) is 12.5 Å². The van der Waals surface area contributed by atoms with Gasteiger partial charge in [-0.2, -0.15) is 5.10 Å². The summed E-state index contributed by atoms with van der Waals surface area (Å²) in [6.07, 6.45) is -0.863. The molecule has 2 heterocycles. The SMILES string of the molecule is COc1ccc([C@H]2CC(c3ccccc3)=NN2C(=O)COC(=O)C[C@H]2Oc3ccccc3NC2=O)cc1. The van der Waals surface area contributed by atoms with Crippen molar-refractivity contribution in [2.24, 2.45) is 5.10 Å². The number of para-hydroxylation sites is 2. The average molecular weight is 500 g/mol. The number of ether oxygens (including phenoxy) is 3. The molecule has 1 N–H and O–H groups in total. The van der Waals surface area contributed by atoms with E-state index in [1.54, 1.807) is 31.4 Å². The number of amides is 2. The molecule has 0 spiro atoms. The summed E-state index contributed by atoms with van der Waals surface area (Å²) in [4.78, 5) is 38.0. The van der Waals surface area contributed by atoms with E-state index >= 15 is 0 Å². The zero-order valence-corrected chi connectivity index (χ0v) is 20.1. The number of esters is 1. The van der Waals surface area contributed by atoms with E-state index in [0.717, 1.165) is 16.8 Å². The molecule has 9 nitrogen and oxygen atoms in total. The summed E-state index contributed by atoms with van der Waals surface area (Å²) in [5.74, 6) is -0.467. The highest BCUT2D eigenvalue weighted by molar-refractivity contribution is 6.03. The summed E-state index contributed by atoms with van der Waals surface area (Å²) >= 11 is 0. The molecule has 0 bridgehead atoms. The second-order valence-corrected chi connectivity index (χ2v) is 8.60. The van der Waals surface area contributed by atoms with Crippen LogP contribution >= 0.6 is 0 Å². The van der Waals surface area contributed by atoms with Crippen molar-refractivity contribution in [1.29, 1.82) is 0 Å². The van der Waals surface area contributed by atoms with Crippen molar-refractivity contribution < 1.29 is 28.6 Å². The number of hydrogen-bond acceptors (Lipinski definition) is 7. The average Bonchev–Trinajstić information content (AvgIpc) is 3.38. The third kappa shape index (κ3) is 5.30. The Hall–Kier alpha value is -4.66. The molecular weight excluding hydrogens is 474 g/mol. The van der Waals surface area contributed by atoms with Crippen LogP contribution in [-0.2, 0) is 19.1 Å². The van der Waals surface area contributed by atoms with E-state index in [1.165, 1.54) is 5.01 Å². The molecule has 3 aromatic rings. The van der Waals surface area contributed by atoms with Gasteiger partial charge >= 0.3 is 5.97 Å². The monoisotopic (exact) mass is 499 g/mol. The summed E-state index contributed by atoms with van der Waals surface area (Å²) in [6, 6.07) is 23.6. The number of carbonyl (C=O) groups is 3. The van der Waals surface area contributed by atoms with Crippen LogP contribution in [0.2, 0.25) is 0 Å². The predicted octanol–water partition coefficient (Wildman–Crippen LogP) is 3.71. The Balaban J connectivity index is 1.26. The van der Waals surface area contributed by atoms with Crippen molar-refractivity contribution in [3.05, 3.63) is 90.0 Å². The topological polar surface area (TPSA) is 107 Å². The fourth-order valence-corrected chi connectivity index (χ4v) is 4.28. The number of rotatable bonds is 7. The number of hydrazone groups is 1. The molecule has 0 radical (unpaired) electrons. The molecule has 0 aliphatic carbocycles. The number of benzene rings is 3. The third-order valence-corrected chi connectivity index (χ3v) is 6.19. The Labute approximate surface area is 213 Å². The second kappa shape index (κ2) is 10.5. The minimum Gasteiger partial charge on any atom is -0.497 e. The van der Waals surface area contributed by atoms with Gasteiger partial charge in [-0.15, -0.1) is 0 Å². The molecule has 9 heteroatoms. The van der Waals surface area contributed by atoms with Crippen LogP contribution in [0, 0.1) is 0 Å². The summed E-state index contributed by atoms with van der Waals surface area (Å²) in [6.45, 7) is -0.512. The standard InChI is InChI=1S/C28H25N3O6/c1-35-20-13-11-19(12-14-20)23-15-22(18-7-3-2-4-8-18)30-31(23)26(32)17-36-27(33)16-25-28(34)29-21-9-5-6-10-24(21)37-25/h2-14,23,25H,15-17H2,1H3,(H,29,34)/t23-,25-/m1/s1. The fraction of sp³-hybridized carbons (Fsp3) is 0.214. The van der Waals surface area contributed by atoms with Gasteiger partial charge in [-0.05, 0) is 35.4 Å². The lowest BCUT2D eigenvalue weighted by atomic mass is 9.98. The molecule has 5 rings (SSSR count). The molecule has 2 aliphatic heterocycles. The van der Waals surface area contributed by atoms with Crippen LogP contribution in [-0.4, -0.2) is 48.3 Å². The molecule has 0 aromatic heterocycles. The van der Waals surface area contributed by atoms with Crippen LogP contribution in [0.15, 0.2) is 84.0 Å². The number of carbonyl (C=O) groups excluding carboxylic acids is 3. The van der Waals surface area contributed by atoms with E-state index in [0.29, 0.717) is 23.6 Å². The first-order chi connectivity index (χ1) is 18.0. The maximum absolute atomic E-state index is 13.2. The predicted molar refractivity (Wildman–Crippen MR) is 135 cm³/mol. The molecule has 2 atom stereocenters. The van der Waals surface area contributed by atoms with Crippen LogP contribution in [0.1, 0.15) is 30.0 Å². The maximum atomic E-state index is 13.2. The third-order valence-electron chi connectivity index (χ3n) is 6.19. The first-order valence-electron chi connectivity index (χ1n) is 11.8. The Morgan fingerprint density at radius 3 is 2.51 bits per heavy atom. The smallest absolute Gasteiger partial charge is 0.310 e. The van der Waals surface area contributed by atoms with Crippen molar-refractivity contribution in [3.8, 4) is 11.5 Å². The lowest BCUT2D eigenvalue weighted by Gasteiger charge is -2.25. The highest BCUT2D eigenvalue weighted by Gasteiger charge is 2.34. The zero-order chi connectivity index (χ0) is 25.8. The van der Waals surface area contributed by atoms with E-state index in [2.05, 4.69) is 10.4 Å². The molecule has 0 unspecified atom stereocenters. The first kappa shape index (κ1) is 24.1. The number of methoxy groups -OCH3 is 1. The number of nitrogens with one attached hydrogen (secondary N) is 1. The van der Waals surface area contributed by atoms with Crippen molar-refractivity contribution in [3.63, 3.8) is 0 Å². The summed E-state index contributed by atoms with van der Waals surface area (Å²) < 4.78 is 16.1. The minimum atomic E-state index is -1.04. The molecule has 2 amide bonds. The Morgan fingerprint density at radius 1 is 1.03 bits per heavy atom. The number of nitrogens with zero attached hydrogens (tertiary/aromatic N) is 2. The van der Waals surface area contributed by atoms with Gasteiger partial charge in [0, 0.05) is 6.42 Å². The molecule has 0 saturated carbocycles. The summed E-state index contributed by atoms with van der Waals surface area (Å²) in [5, 5.41) is 8.64. The quantitative estimate of drug-likeness (QED) is 0.497. The molecule has 37 heavy (non-hydrogen) atoms. The Bertz CT molecular complexity index is 1340. The molecule has 0 fully saturated rings. The molecule has 188 valence electrons. The summed E-state index contributed by atoms with van der Waals surface area (Å²) in [7, 11) is 1.59. The van der Waals surface area contributed by atoms with E-state index in [4.69, 9.17) is 14.2 Å². The highest BCUT2D eigenvalue weighted by Crippen LogP contribution is 2.34. The molecule has 2 aliphatic rings. The number of fused-ring (bicyclic) bond motifs is 1. The minimum absolute atomic E-state index is 0.326. The van der Waals surface area contributed by atoms with Gasteiger partial charge in [0.25, 0.3) is 11.8 Å². The maximum Gasteiger partial charge on any atom is 0.310 e. The van der Waals surface area contributed by atoms with Gasteiger partial charge in [-0.25, -0.2) is 5.01 Å². The normalized spacial score (nSPS) is 18.2. The van der Waals surface area contributed by atoms with E-state index < -0.39 is 30.5 Å². The lowest BCUT2D eigenvalue weighted by molar-refractivity contribution is -0.155. The number of hydrogen-bond donors (Lipinski definition) is 1. The van der Waals surface area contributed by atoms with Crippen LogP contribution in [0.3, 0.4) is 0 Å². The fourth-order valence-electron chi connectivity index (χ4n) is 4.28. The molecule has 0 saturated heterocycles. The van der Waals surface area contributed by atoms with Crippen molar-refractivity contribution in [2.45, 2.75) is 25.0 Å². The number of anilines is 1. The van der Waals surface area contributed by atoms with Gasteiger partial charge in [0.1, 0.15) is 11.5 Å². The van der Waals surface area contributed by atoms with E-state index in [1.807, 2.05) is 54.6 Å². The second-order valence-electron chi connectivity index (χ2n) is 8.60. The highest BCUT2D eigenvalue weighted by atomic mass is 16.5. The van der Waals surface area contributed by atoms with Crippen molar-refractivity contribution in [1.82, 2.24) is 5.01 Å². The van der Waals surface area contributed by atoms with Gasteiger partial charge in [0.05, 0.1) is 31.0 Å². The Kier molecular flexibility index (Phi) is 6.85. The molecular formula is C28H25N3O6. The van der Waals surface area contributed by atoms with Gasteiger partial charge in [-0.3, -0.25) is 14.4 Å². The van der Waals surface area contributed by atoms with Crippen LogP contribution in [0.25, 0.3) is 0 Å². The first-order valence-corrected chi connectivity index (χ1v) is 11.8. The lowest BCUT2D eigenvalue weighted by Crippen LogP contribution is -2.39. The largest absolute Gasteiger partial charge is 0.497 e. The van der Waals surface area contributed by atoms with Gasteiger partial charge in [0.15, 0.2) is 12.7 Å². The van der Waals surface area contributed by atoms with Gasteiger partial charge in [0.2, 0.25) is 0 Å². The summed E-state index contributed by atoms with van der Waals surface area (Å²) in [5.41, 5.74) is 3.08. The molecule has 3 aromatic carbocycles. The van der Waals surface area contributed by atoms with E-state index in [9.17, 15) is 14.4 Å². The van der Waals surface area contributed by atoms with Crippen molar-refractivity contribution in [2.75, 3.05) is 19.0 Å². The van der Waals surface area contributed by atoms with Crippen LogP contribution in [0.5, 0.6) is 11.5 Å². The van der Waals surface area contributed by atoms with Crippen LogP contribution in [0.4, 0.5) is 5.69 Å². The van der Waals surface area contributed by atoms with Gasteiger partial charge < -0.3 is 19.5 Å². The van der Waals surface area contributed by atoms with Crippen LogP contribution < -0.4 is 14.8 Å². The Morgan fingerprint density at radius 2 is 1.76 bits per heavy atom.